The van der Waals surface area contributed by atoms with Gasteiger partial charge in [-0.05, 0) is 60.8 Å². The summed E-state index contributed by atoms with van der Waals surface area (Å²) in [5.41, 5.74) is 3.46. The molecule has 1 aromatic heterocycles. The molecule has 0 atom stereocenters. The highest BCUT2D eigenvalue weighted by atomic mass is 32.1. The minimum Gasteiger partial charge on any atom is -0.340 e. The van der Waals surface area contributed by atoms with Crippen LogP contribution in [0.5, 0.6) is 0 Å². The lowest BCUT2D eigenvalue weighted by Crippen LogP contribution is -2.41. The highest BCUT2D eigenvalue weighted by Crippen LogP contribution is 2.26. The Kier molecular flexibility index (Phi) is 6.03. The summed E-state index contributed by atoms with van der Waals surface area (Å²) in [4.78, 5) is 6.80. The average molecular weight is 354 g/mol. The molecular formula is C21H27N3S. The van der Waals surface area contributed by atoms with Gasteiger partial charge >= 0.3 is 0 Å². The van der Waals surface area contributed by atoms with Gasteiger partial charge in [0.1, 0.15) is 0 Å². The molecule has 0 saturated heterocycles. The third-order valence-electron chi connectivity index (χ3n) is 4.91. The molecule has 0 spiro atoms. The van der Waals surface area contributed by atoms with Gasteiger partial charge in [0, 0.05) is 17.9 Å². The van der Waals surface area contributed by atoms with Crippen LogP contribution in [0.2, 0.25) is 0 Å². The lowest BCUT2D eigenvalue weighted by atomic mass is 10.0. The zero-order valence-corrected chi connectivity index (χ0v) is 15.9. The van der Waals surface area contributed by atoms with Crippen LogP contribution < -0.4 is 5.32 Å². The summed E-state index contributed by atoms with van der Waals surface area (Å²) in [5, 5.41) is 4.24. The van der Waals surface area contributed by atoms with Crippen molar-refractivity contribution < 1.29 is 0 Å². The van der Waals surface area contributed by atoms with E-state index in [9.17, 15) is 0 Å². The topological polar surface area (TPSA) is 28.2 Å². The second kappa shape index (κ2) is 8.43. The van der Waals surface area contributed by atoms with E-state index < -0.39 is 0 Å². The van der Waals surface area contributed by atoms with E-state index >= 15 is 0 Å². The molecular weight excluding hydrogens is 326 g/mol. The first-order valence-corrected chi connectivity index (χ1v) is 9.62. The number of pyridine rings is 1. The number of thiocarbonyl (C=S) groups is 1. The lowest BCUT2D eigenvalue weighted by molar-refractivity contribution is 0.309. The molecule has 0 bridgehead atoms. The van der Waals surface area contributed by atoms with Crippen LogP contribution in [0.15, 0.2) is 48.7 Å². The number of nitrogens with one attached hydrogen (secondary N) is 1. The molecule has 0 radical (unpaired) electrons. The second-order valence-corrected chi connectivity index (χ2v) is 7.48. The summed E-state index contributed by atoms with van der Waals surface area (Å²) >= 11 is 5.76. The van der Waals surface area contributed by atoms with Crippen LogP contribution in [0.25, 0.3) is 0 Å². The molecule has 1 heterocycles. The molecule has 1 N–H and O–H groups in total. The van der Waals surface area contributed by atoms with Crippen LogP contribution in [0, 0.1) is 0 Å². The van der Waals surface area contributed by atoms with Crippen molar-refractivity contribution in [1.29, 1.82) is 0 Å². The van der Waals surface area contributed by atoms with E-state index in [2.05, 4.69) is 59.4 Å². The first-order chi connectivity index (χ1) is 12.1. The van der Waals surface area contributed by atoms with Crippen LogP contribution in [0.1, 0.15) is 56.7 Å². The third kappa shape index (κ3) is 4.79. The van der Waals surface area contributed by atoms with Crippen LogP contribution >= 0.6 is 12.2 Å². The number of benzene rings is 1. The number of nitrogens with zero attached hydrogens (tertiary/aromatic N) is 2. The molecule has 0 unspecified atom stereocenters. The van der Waals surface area contributed by atoms with Crippen molar-refractivity contribution >= 4 is 23.0 Å². The lowest BCUT2D eigenvalue weighted by Gasteiger charge is -2.31. The fourth-order valence-electron chi connectivity index (χ4n) is 3.40. The Labute approximate surface area is 156 Å². The zero-order valence-electron chi connectivity index (χ0n) is 15.1. The van der Waals surface area contributed by atoms with E-state index in [1.807, 2.05) is 18.3 Å². The SMILES string of the molecule is CC(C)c1ccc(NC(=S)N(Cc2ccccn2)C2CCCC2)cc1. The third-order valence-corrected chi connectivity index (χ3v) is 5.25. The molecule has 1 fully saturated rings. The number of anilines is 1. The molecule has 4 heteroatoms. The predicted molar refractivity (Wildman–Crippen MR) is 109 cm³/mol. The van der Waals surface area contributed by atoms with Crippen LogP contribution in [0.4, 0.5) is 5.69 Å². The van der Waals surface area contributed by atoms with Gasteiger partial charge in [0.15, 0.2) is 5.11 Å². The van der Waals surface area contributed by atoms with Crippen LogP contribution in [0.3, 0.4) is 0 Å². The van der Waals surface area contributed by atoms with Gasteiger partial charge in [-0.3, -0.25) is 4.98 Å². The Balaban J connectivity index is 1.72. The second-order valence-electron chi connectivity index (χ2n) is 7.09. The smallest absolute Gasteiger partial charge is 0.174 e. The fraction of sp³-hybridized carbons (Fsp3) is 0.429. The van der Waals surface area contributed by atoms with Crippen molar-refractivity contribution in [3.63, 3.8) is 0 Å². The molecule has 3 rings (SSSR count). The Bertz CT molecular complexity index is 676. The molecule has 1 saturated carbocycles. The molecule has 132 valence electrons. The highest BCUT2D eigenvalue weighted by Gasteiger charge is 2.25. The number of hydrogen-bond acceptors (Lipinski definition) is 2. The van der Waals surface area contributed by atoms with E-state index in [-0.39, 0.29) is 0 Å². The van der Waals surface area contributed by atoms with Crippen molar-refractivity contribution in [2.75, 3.05) is 5.32 Å². The van der Waals surface area contributed by atoms with E-state index in [4.69, 9.17) is 12.2 Å². The fourth-order valence-corrected chi connectivity index (χ4v) is 3.73. The normalized spacial score (nSPS) is 14.7. The molecule has 2 aromatic rings. The highest BCUT2D eigenvalue weighted by molar-refractivity contribution is 7.80. The maximum atomic E-state index is 5.76. The first kappa shape index (κ1) is 17.9. The molecule has 3 nitrogen and oxygen atoms in total. The van der Waals surface area contributed by atoms with E-state index in [0.717, 1.165) is 23.0 Å². The van der Waals surface area contributed by atoms with E-state index in [1.165, 1.54) is 31.2 Å². The summed E-state index contributed by atoms with van der Waals surface area (Å²) in [6.45, 7) is 5.19. The van der Waals surface area contributed by atoms with Gasteiger partial charge < -0.3 is 10.2 Å². The monoisotopic (exact) mass is 353 g/mol. The van der Waals surface area contributed by atoms with Crippen molar-refractivity contribution in [2.45, 2.75) is 58.0 Å². The minimum atomic E-state index is 0.511. The van der Waals surface area contributed by atoms with Gasteiger partial charge in [-0.2, -0.15) is 0 Å². The maximum Gasteiger partial charge on any atom is 0.174 e. The molecule has 0 amide bonds. The van der Waals surface area contributed by atoms with Gasteiger partial charge in [0.05, 0.1) is 12.2 Å². The Morgan fingerprint density at radius 2 is 1.88 bits per heavy atom. The van der Waals surface area contributed by atoms with Gasteiger partial charge in [0.2, 0.25) is 0 Å². The Morgan fingerprint density at radius 1 is 1.16 bits per heavy atom. The average Bonchev–Trinajstić information content (AvgIpc) is 3.15. The molecule has 1 aliphatic rings. The molecule has 1 aliphatic carbocycles. The number of rotatable bonds is 5. The van der Waals surface area contributed by atoms with E-state index in [0.29, 0.717) is 12.0 Å². The number of aromatic nitrogens is 1. The summed E-state index contributed by atoms with van der Waals surface area (Å²) in [5.74, 6) is 0.542. The van der Waals surface area contributed by atoms with Crippen molar-refractivity contribution in [2.24, 2.45) is 0 Å². The van der Waals surface area contributed by atoms with E-state index in [1.54, 1.807) is 0 Å². The van der Waals surface area contributed by atoms with Crippen molar-refractivity contribution in [1.82, 2.24) is 9.88 Å². The van der Waals surface area contributed by atoms with Crippen LogP contribution in [-0.2, 0) is 6.54 Å². The van der Waals surface area contributed by atoms with Gasteiger partial charge in [-0.15, -0.1) is 0 Å². The number of hydrogen-bond donors (Lipinski definition) is 1. The molecule has 0 aliphatic heterocycles. The Hall–Kier alpha value is -1.94. The maximum absolute atomic E-state index is 5.76. The van der Waals surface area contributed by atoms with Crippen molar-refractivity contribution in [3.05, 3.63) is 59.9 Å². The quantitative estimate of drug-likeness (QED) is 0.734. The largest absolute Gasteiger partial charge is 0.340 e. The zero-order chi connectivity index (χ0) is 17.6. The summed E-state index contributed by atoms with van der Waals surface area (Å²) in [6.07, 6.45) is 6.84. The molecule has 1 aromatic carbocycles. The predicted octanol–water partition coefficient (Wildman–Crippen LogP) is 5.35. The Morgan fingerprint density at radius 3 is 2.48 bits per heavy atom. The van der Waals surface area contributed by atoms with Gasteiger partial charge in [-0.1, -0.05) is 44.9 Å². The standard InChI is InChI=1S/C21H27N3S/c1-16(2)17-10-12-18(13-11-17)23-21(25)24(20-8-3-4-9-20)15-19-7-5-6-14-22-19/h5-7,10-14,16,20H,3-4,8-9,15H2,1-2H3,(H,23,25). The summed E-state index contributed by atoms with van der Waals surface area (Å²) in [7, 11) is 0. The minimum absolute atomic E-state index is 0.511. The summed E-state index contributed by atoms with van der Waals surface area (Å²) in [6, 6.07) is 15.2. The van der Waals surface area contributed by atoms with Crippen molar-refractivity contribution in [3.8, 4) is 0 Å². The summed E-state index contributed by atoms with van der Waals surface area (Å²) < 4.78 is 0. The first-order valence-electron chi connectivity index (χ1n) is 9.21. The van der Waals surface area contributed by atoms with Gasteiger partial charge in [0.25, 0.3) is 0 Å². The van der Waals surface area contributed by atoms with Gasteiger partial charge in [-0.25, -0.2) is 0 Å². The van der Waals surface area contributed by atoms with Crippen LogP contribution in [-0.4, -0.2) is 21.0 Å². The molecule has 25 heavy (non-hydrogen) atoms.